The smallest absolute Gasteiger partial charge is 0.317 e. The lowest BCUT2D eigenvalue weighted by Gasteiger charge is -2.19. The Morgan fingerprint density at radius 3 is 2.62 bits per heavy atom. The zero-order chi connectivity index (χ0) is 18.4. The Morgan fingerprint density at radius 1 is 1.12 bits per heavy atom. The monoisotopic (exact) mass is 373 g/mol. The molecule has 1 atom stereocenters. The fourth-order valence-corrected chi connectivity index (χ4v) is 3.01. The number of esters is 1. The average Bonchev–Trinajstić information content (AvgIpc) is 2.67. The molecule has 0 aromatic heterocycles. The van der Waals surface area contributed by atoms with Crippen molar-refractivity contribution in [3.63, 3.8) is 0 Å². The molecule has 0 saturated heterocycles. The molecule has 0 radical (unpaired) electrons. The van der Waals surface area contributed by atoms with Crippen LogP contribution in [0.25, 0.3) is 0 Å². The highest BCUT2D eigenvalue weighted by Gasteiger charge is 2.19. The third-order valence-electron chi connectivity index (χ3n) is 3.59. The summed E-state index contributed by atoms with van der Waals surface area (Å²) in [4.78, 5) is 25.1. The van der Waals surface area contributed by atoms with E-state index in [0.717, 1.165) is 4.90 Å². The van der Waals surface area contributed by atoms with E-state index in [1.54, 1.807) is 25.1 Å². The van der Waals surface area contributed by atoms with Gasteiger partial charge in [0, 0.05) is 16.6 Å². The average molecular weight is 373 g/mol. The van der Waals surface area contributed by atoms with Crippen molar-refractivity contribution < 1.29 is 23.8 Å². The summed E-state index contributed by atoms with van der Waals surface area (Å²) in [5, 5.41) is 2.71. The lowest BCUT2D eigenvalue weighted by molar-refractivity contribution is -0.150. The van der Waals surface area contributed by atoms with E-state index in [-0.39, 0.29) is 5.75 Å². The first kappa shape index (κ1) is 18.1. The van der Waals surface area contributed by atoms with Crippen molar-refractivity contribution in [3.8, 4) is 11.5 Å². The van der Waals surface area contributed by atoms with Crippen LogP contribution in [0.4, 0.5) is 5.69 Å². The van der Waals surface area contributed by atoms with Crippen LogP contribution < -0.4 is 14.8 Å². The maximum absolute atomic E-state index is 12.2. The zero-order valence-electron chi connectivity index (χ0n) is 14.3. The second-order valence-corrected chi connectivity index (χ2v) is 6.63. The van der Waals surface area contributed by atoms with Crippen molar-refractivity contribution in [3.05, 3.63) is 48.5 Å². The summed E-state index contributed by atoms with van der Waals surface area (Å²) in [5.41, 5.74) is 0.556. The Hall–Kier alpha value is -2.67. The lowest BCUT2D eigenvalue weighted by atomic mass is 10.2. The standard InChI is InChI=1S/C19H19NO5S/c1-13(25-18(21)12-26-15-5-3-2-4-6-15)19(22)20-14-7-8-16-17(11-14)24-10-9-23-16/h2-8,11,13H,9-10,12H2,1H3,(H,20,22). The number of carbonyl (C=O) groups is 2. The second kappa shape index (κ2) is 8.62. The van der Waals surface area contributed by atoms with E-state index in [4.69, 9.17) is 14.2 Å². The summed E-state index contributed by atoms with van der Waals surface area (Å²) < 4.78 is 16.1. The van der Waals surface area contributed by atoms with Crippen LogP contribution in [0.15, 0.2) is 53.4 Å². The van der Waals surface area contributed by atoms with Crippen molar-refractivity contribution in [1.82, 2.24) is 0 Å². The minimum atomic E-state index is -0.896. The molecule has 2 aromatic rings. The van der Waals surface area contributed by atoms with Crippen molar-refractivity contribution in [2.45, 2.75) is 17.9 Å². The molecular weight excluding hydrogens is 354 g/mol. The Kier molecular flexibility index (Phi) is 6.01. The molecule has 0 aliphatic carbocycles. The number of benzene rings is 2. The molecule has 3 rings (SSSR count). The molecule has 6 nitrogen and oxygen atoms in total. The van der Waals surface area contributed by atoms with E-state index >= 15 is 0 Å². The SMILES string of the molecule is CC(OC(=O)CSc1ccccc1)C(=O)Nc1ccc2c(c1)OCCO2. The van der Waals surface area contributed by atoms with Gasteiger partial charge in [-0.05, 0) is 31.2 Å². The fraction of sp³-hybridized carbons (Fsp3) is 0.263. The first-order valence-corrected chi connectivity index (χ1v) is 9.18. The maximum Gasteiger partial charge on any atom is 0.317 e. The van der Waals surface area contributed by atoms with E-state index in [1.165, 1.54) is 11.8 Å². The van der Waals surface area contributed by atoms with Crippen LogP contribution in [0.3, 0.4) is 0 Å². The van der Waals surface area contributed by atoms with Gasteiger partial charge in [-0.25, -0.2) is 0 Å². The minimum Gasteiger partial charge on any atom is -0.486 e. The van der Waals surface area contributed by atoms with Gasteiger partial charge in [0.1, 0.15) is 13.2 Å². The highest BCUT2D eigenvalue weighted by molar-refractivity contribution is 8.00. The van der Waals surface area contributed by atoms with Crippen molar-refractivity contribution in [2.24, 2.45) is 0 Å². The number of thioether (sulfide) groups is 1. The Labute approximate surface area is 155 Å². The molecule has 1 heterocycles. The number of nitrogens with one attached hydrogen (secondary N) is 1. The quantitative estimate of drug-likeness (QED) is 0.619. The number of ether oxygens (including phenoxy) is 3. The number of hydrogen-bond donors (Lipinski definition) is 1. The summed E-state index contributed by atoms with van der Waals surface area (Å²) in [6.07, 6.45) is -0.896. The Bertz CT molecular complexity index is 781. The Balaban J connectivity index is 1.49. The van der Waals surface area contributed by atoms with Gasteiger partial charge in [-0.2, -0.15) is 0 Å². The van der Waals surface area contributed by atoms with E-state index in [9.17, 15) is 9.59 Å². The molecule has 1 N–H and O–H groups in total. The van der Waals surface area contributed by atoms with E-state index in [1.807, 2.05) is 30.3 Å². The second-order valence-electron chi connectivity index (χ2n) is 5.58. The molecule has 0 spiro atoms. The van der Waals surface area contributed by atoms with Gasteiger partial charge in [-0.1, -0.05) is 18.2 Å². The van der Waals surface area contributed by atoms with Gasteiger partial charge >= 0.3 is 5.97 Å². The largest absolute Gasteiger partial charge is 0.486 e. The molecule has 136 valence electrons. The summed E-state index contributed by atoms with van der Waals surface area (Å²) >= 11 is 1.36. The van der Waals surface area contributed by atoms with Crippen LogP contribution in [0.2, 0.25) is 0 Å². The van der Waals surface area contributed by atoms with E-state index in [0.29, 0.717) is 30.4 Å². The van der Waals surface area contributed by atoms with Crippen molar-refractivity contribution >= 4 is 29.3 Å². The number of amides is 1. The molecule has 1 unspecified atom stereocenters. The molecule has 1 aliphatic heterocycles. The molecule has 0 saturated carbocycles. The topological polar surface area (TPSA) is 73.9 Å². The molecule has 0 fully saturated rings. The van der Waals surface area contributed by atoms with E-state index in [2.05, 4.69) is 5.32 Å². The van der Waals surface area contributed by atoms with Gasteiger partial charge in [0.2, 0.25) is 0 Å². The number of rotatable bonds is 6. The van der Waals surface area contributed by atoms with E-state index < -0.39 is 18.0 Å². The first-order chi connectivity index (χ1) is 12.6. The molecular formula is C19H19NO5S. The maximum atomic E-state index is 12.2. The fourth-order valence-electron chi connectivity index (χ4n) is 2.31. The predicted molar refractivity (Wildman–Crippen MR) is 98.8 cm³/mol. The van der Waals surface area contributed by atoms with Crippen molar-refractivity contribution in [1.29, 1.82) is 0 Å². The summed E-state index contributed by atoms with van der Waals surface area (Å²) in [5.74, 6) is 0.527. The molecule has 1 amide bonds. The van der Waals surface area contributed by atoms with Gasteiger partial charge in [0.15, 0.2) is 17.6 Å². The highest BCUT2D eigenvalue weighted by atomic mass is 32.2. The Morgan fingerprint density at radius 2 is 1.85 bits per heavy atom. The molecule has 26 heavy (non-hydrogen) atoms. The van der Waals surface area contributed by atoms with Crippen LogP contribution in [-0.2, 0) is 14.3 Å². The van der Waals surface area contributed by atoms with Crippen LogP contribution in [0.1, 0.15) is 6.92 Å². The van der Waals surface area contributed by atoms with Gasteiger partial charge in [0.05, 0.1) is 5.75 Å². The predicted octanol–water partition coefficient (Wildman–Crippen LogP) is 3.12. The van der Waals surface area contributed by atoms with Crippen LogP contribution in [0.5, 0.6) is 11.5 Å². The number of hydrogen-bond acceptors (Lipinski definition) is 6. The number of carbonyl (C=O) groups excluding carboxylic acids is 2. The highest BCUT2D eigenvalue weighted by Crippen LogP contribution is 2.32. The summed E-state index contributed by atoms with van der Waals surface area (Å²) in [7, 11) is 0. The first-order valence-electron chi connectivity index (χ1n) is 8.19. The zero-order valence-corrected chi connectivity index (χ0v) is 15.1. The van der Waals surface area contributed by atoms with Gasteiger partial charge < -0.3 is 19.5 Å². The van der Waals surface area contributed by atoms with Crippen LogP contribution >= 0.6 is 11.8 Å². The third kappa shape index (κ3) is 4.92. The summed E-state index contributed by atoms with van der Waals surface area (Å²) in [6.45, 7) is 2.52. The van der Waals surface area contributed by atoms with Crippen LogP contribution in [-0.4, -0.2) is 36.9 Å². The van der Waals surface area contributed by atoms with Gasteiger partial charge in [-0.15, -0.1) is 11.8 Å². The molecule has 7 heteroatoms. The third-order valence-corrected chi connectivity index (χ3v) is 4.57. The number of fused-ring (bicyclic) bond motifs is 1. The lowest BCUT2D eigenvalue weighted by Crippen LogP contribution is -2.30. The molecule has 1 aliphatic rings. The van der Waals surface area contributed by atoms with Gasteiger partial charge in [0.25, 0.3) is 5.91 Å². The minimum absolute atomic E-state index is 0.145. The molecule has 0 bridgehead atoms. The van der Waals surface area contributed by atoms with Crippen molar-refractivity contribution in [2.75, 3.05) is 24.3 Å². The summed E-state index contributed by atoms with van der Waals surface area (Å²) in [6, 6.07) is 14.7. The number of anilines is 1. The van der Waals surface area contributed by atoms with Gasteiger partial charge in [-0.3, -0.25) is 9.59 Å². The van der Waals surface area contributed by atoms with Crippen LogP contribution in [0, 0.1) is 0 Å². The molecule has 2 aromatic carbocycles. The normalized spacial score (nSPS) is 13.6.